The minimum absolute atomic E-state index is 0.119. The van der Waals surface area contributed by atoms with E-state index in [9.17, 15) is 9.90 Å². The molecule has 3 heterocycles. The third-order valence-corrected chi connectivity index (χ3v) is 4.90. The fraction of sp³-hybridized carbons (Fsp3) is 0. The first-order valence-electron chi connectivity index (χ1n) is 8.85. The van der Waals surface area contributed by atoms with Gasteiger partial charge in [-0.2, -0.15) is 4.98 Å². The van der Waals surface area contributed by atoms with Gasteiger partial charge in [-0.25, -0.2) is 9.31 Å². The van der Waals surface area contributed by atoms with Crippen molar-refractivity contribution in [1.82, 2.24) is 14.6 Å². The number of aromatic nitrogens is 3. The molecule has 0 amide bonds. The van der Waals surface area contributed by atoms with Crippen LogP contribution in [0.3, 0.4) is 0 Å². The molecule has 5 rings (SSSR count). The quantitative estimate of drug-likeness (QED) is 0.377. The number of anilines is 2. The standard InChI is InChI=1S/C21H13ClN4O4/c22-16-4-3-14(27)9-15(16)11-1-6-19-24-21(25-26(19)10-11)23-13-2-5-17-12(7-13)8-18(30-17)20(28)29/h1-10,27H,(H,23,25)(H,28,29). The summed E-state index contributed by atoms with van der Waals surface area (Å²) < 4.78 is 6.87. The van der Waals surface area contributed by atoms with Gasteiger partial charge in [-0.3, -0.25) is 0 Å². The largest absolute Gasteiger partial charge is 0.508 e. The van der Waals surface area contributed by atoms with Gasteiger partial charge in [0.25, 0.3) is 0 Å². The highest BCUT2D eigenvalue weighted by Gasteiger charge is 2.12. The van der Waals surface area contributed by atoms with E-state index in [-0.39, 0.29) is 11.5 Å². The molecule has 0 radical (unpaired) electrons. The zero-order valence-electron chi connectivity index (χ0n) is 15.2. The Kier molecular flexibility index (Phi) is 4.07. The minimum Gasteiger partial charge on any atom is -0.508 e. The van der Waals surface area contributed by atoms with Crippen molar-refractivity contribution in [3.05, 3.63) is 71.6 Å². The summed E-state index contributed by atoms with van der Waals surface area (Å²) in [6.45, 7) is 0. The highest BCUT2D eigenvalue weighted by Crippen LogP contribution is 2.31. The maximum absolute atomic E-state index is 11.1. The van der Waals surface area contributed by atoms with Crippen molar-refractivity contribution in [3.8, 4) is 16.9 Å². The Hall–Kier alpha value is -4.04. The minimum atomic E-state index is -1.12. The van der Waals surface area contributed by atoms with Crippen LogP contribution in [-0.2, 0) is 0 Å². The average molecular weight is 421 g/mol. The second-order valence-corrected chi connectivity index (χ2v) is 7.02. The third-order valence-electron chi connectivity index (χ3n) is 4.58. The molecule has 0 fully saturated rings. The average Bonchev–Trinajstić information content (AvgIpc) is 3.32. The van der Waals surface area contributed by atoms with Crippen LogP contribution in [-0.4, -0.2) is 30.8 Å². The molecule has 8 nitrogen and oxygen atoms in total. The Bertz CT molecular complexity index is 1440. The molecular weight excluding hydrogens is 408 g/mol. The van der Waals surface area contributed by atoms with E-state index >= 15 is 0 Å². The molecule has 0 aliphatic rings. The zero-order valence-corrected chi connectivity index (χ0v) is 16.0. The van der Waals surface area contributed by atoms with Gasteiger partial charge in [0.15, 0.2) is 5.65 Å². The SMILES string of the molecule is O=C(O)c1cc2cc(Nc3nc4ccc(-c5cc(O)ccc5Cl)cn4n3)ccc2o1. The summed E-state index contributed by atoms with van der Waals surface area (Å²) in [5.41, 5.74) is 3.25. The lowest BCUT2D eigenvalue weighted by Crippen LogP contribution is -1.93. The van der Waals surface area contributed by atoms with Crippen LogP contribution < -0.4 is 5.32 Å². The number of carboxylic acids is 1. The highest BCUT2D eigenvalue weighted by molar-refractivity contribution is 6.33. The van der Waals surface area contributed by atoms with Gasteiger partial charge in [0, 0.05) is 33.4 Å². The van der Waals surface area contributed by atoms with Gasteiger partial charge in [0.1, 0.15) is 11.3 Å². The number of rotatable bonds is 4. The van der Waals surface area contributed by atoms with E-state index in [0.29, 0.717) is 38.8 Å². The number of benzene rings is 2. The maximum Gasteiger partial charge on any atom is 0.371 e. The predicted octanol–water partition coefficient (Wildman–Crippen LogP) is 4.94. The Labute approximate surface area is 174 Å². The molecule has 0 saturated carbocycles. The number of nitrogens with one attached hydrogen (secondary N) is 1. The van der Waals surface area contributed by atoms with Gasteiger partial charge < -0.3 is 19.9 Å². The molecule has 0 bridgehead atoms. The smallest absolute Gasteiger partial charge is 0.371 e. The number of phenols is 1. The summed E-state index contributed by atoms with van der Waals surface area (Å²) in [6, 6.07) is 15.0. The molecule has 2 aromatic carbocycles. The monoisotopic (exact) mass is 420 g/mol. The van der Waals surface area contributed by atoms with E-state index in [1.165, 1.54) is 12.1 Å². The van der Waals surface area contributed by atoms with E-state index in [0.717, 1.165) is 5.56 Å². The van der Waals surface area contributed by atoms with Crippen LogP contribution in [0.2, 0.25) is 5.02 Å². The molecule has 148 valence electrons. The number of fused-ring (bicyclic) bond motifs is 2. The van der Waals surface area contributed by atoms with Crippen molar-refractivity contribution in [1.29, 1.82) is 0 Å². The van der Waals surface area contributed by atoms with Crippen LogP contribution in [0.1, 0.15) is 10.6 Å². The fourth-order valence-electron chi connectivity index (χ4n) is 3.19. The first kappa shape index (κ1) is 18.0. The summed E-state index contributed by atoms with van der Waals surface area (Å²) in [4.78, 5) is 15.5. The number of nitrogens with zero attached hydrogens (tertiary/aromatic N) is 3. The summed E-state index contributed by atoms with van der Waals surface area (Å²) in [6.07, 6.45) is 1.77. The van der Waals surface area contributed by atoms with Crippen LogP contribution >= 0.6 is 11.6 Å². The molecule has 0 saturated heterocycles. The third kappa shape index (κ3) is 3.19. The molecule has 0 aliphatic carbocycles. The van der Waals surface area contributed by atoms with Crippen molar-refractivity contribution >= 4 is 45.8 Å². The lowest BCUT2D eigenvalue weighted by atomic mass is 10.1. The fourth-order valence-corrected chi connectivity index (χ4v) is 3.41. The van der Waals surface area contributed by atoms with Crippen LogP contribution in [0.4, 0.5) is 11.6 Å². The van der Waals surface area contributed by atoms with Crippen LogP contribution in [0, 0.1) is 0 Å². The van der Waals surface area contributed by atoms with Gasteiger partial charge in [0.05, 0.1) is 0 Å². The molecule has 0 unspecified atom stereocenters. The Morgan fingerprint density at radius 1 is 1.10 bits per heavy atom. The molecule has 0 aliphatic heterocycles. The Balaban J connectivity index is 1.47. The van der Waals surface area contributed by atoms with Crippen LogP contribution in [0.15, 0.2) is 65.2 Å². The number of carbonyl (C=O) groups is 1. The van der Waals surface area contributed by atoms with E-state index in [4.69, 9.17) is 21.1 Å². The number of aromatic hydroxyl groups is 1. The number of furan rings is 1. The van der Waals surface area contributed by atoms with E-state index in [2.05, 4.69) is 15.4 Å². The number of hydrogen-bond acceptors (Lipinski definition) is 6. The summed E-state index contributed by atoms with van der Waals surface area (Å²) in [5, 5.41) is 27.5. The van der Waals surface area contributed by atoms with Crippen molar-refractivity contribution in [2.24, 2.45) is 0 Å². The molecular formula is C21H13ClN4O4. The van der Waals surface area contributed by atoms with Crippen molar-refractivity contribution in [2.75, 3.05) is 5.32 Å². The van der Waals surface area contributed by atoms with E-state index in [1.807, 2.05) is 6.07 Å². The number of halogens is 1. The van der Waals surface area contributed by atoms with Gasteiger partial charge in [-0.15, -0.1) is 5.10 Å². The second-order valence-electron chi connectivity index (χ2n) is 6.61. The zero-order chi connectivity index (χ0) is 20.8. The normalized spacial score (nSPS) is 11.2. The van der Waals surface area contributed by atoms with E-state index < -0.39 is 5.97 Å². The molecule has 5 aromatic rings. The highest BCUT2D eigenvalue weighted by atomic mass is 35.5. The summed E-state index contributed by atoms with van der Waals surface area (Å²) in [7, 11) is 0. The van der Waals surface area contributed by atoms with Gasteiger partial charge in [-0.1, -0.05) is 11.6 Å². The van der Waals surface area contributed by atoms with Crippen molar-refractivity contribution in [2.45, 2.75) is 0 Å². The van der Waals surface area contributed by atoms with Crippen LogP contribution in [0.25, 0.3) is 27.7 Å². The predicted molar refractivity (Wildman–Crippen MR) is 112 cm³/mol. The second kappa shape index (κ2) is 6.78. The Morgan fingerprint density at radius 2 is 1.97 bits per heavy atom. The summed E-state index contributed by atoms with van der Waals surface area (Å²) in [5.74, 6) is -0.747. The molecule has 3 aromatic heterocycles. The molecule has 9 heteroatoms. The molecule has 0 spiro atoms. The van der Waals surface area contributed by atoms with Crippen molar-refractivity contribution < 1.29 is 19.4 Å². The van der Waals surface area contributed by atoms with Gasteiger partial charge >= 0.3 is 5.97 Å². The number of pyridine rings is 1. The van der Waals surface area contributed by atoms with Gasteiger partial charge in [-0.05, 0) is 54.6 Å². The first-order chi connectivity index (χ1) is 14.5. The lowest BCUT2D eigenvalue weighted by molar-refractivity contribution is 0.0665. The topological polar surface area (TPSA) is 113 Å². The molecule has 0 atom stereocenters. The first-order valence-corrected chi connectivity index (χ1v) is 9.23. The molecule has 30 heavy (non-hydrogen) atoms. The number of phenolic OH excluding ortho intramolecular Hbond substituents is 1. The molecule has 3 N–H and O–H groups in total. The maximum atomic E-state index is 11.1. The number of carboxylic acid groups (broad SMARTS) is 1. The summed E-state index contributed by atoms with van der Waals surface area (Å²) >= 11 is 6.25. The number of hydrogen-bond donors (Lipinski definition) is 3. The van der Waals surface area contributed by atoms with E-state index in [1.54, 1.807) is 47.1 Å². The van der Waals surface area contributed by atoms with Crippen molar-refractivity contribution in [3.63, 3.8) is 0 Å². The van der Waals surface area contributed by atoms with Gasteiger partial charge in [0.2, 0.25) is 11.7 Å². The van der Waals surface area contributed by atoms with Crippen LogP contribution in [0.5, 0.6) is 5.75 Å². The Morgan fingerprint density at radius 3 is 2.80 bits per heavy atom. The lowest BCUT2D eigenvalue weighted by Gasteiger charge is -2.05. The number of aromatic carboxylic acids is 1.